The van der Waals surface area contributed by atoms with Gasteiger partial charge in [-0.05, 0) is 31.6 Å². The lowest BCUT2D eigenvalue weighted by Gasteiger charge is -2.24. The van der Waals surface area contributed by atoms with Crippen LogP contribution in [0.2, 0.25) is 0 Å². The molecule has 2 fully saturated rings. The van der Waals surface area contributed by atoms with E-state index in [1.54, 1.807) is 0 Å². The molecule has 0 radical (unpaired) electrons. The van der Waals surface area contributed by atoms with E-state index in [0.29, 0.717) is 18.9 Å². The molecule has 2 N–H and O–H groups in total. The number of rotatable bonds is 4. The lowest BCUT2D eigenvalue weighted by molar-refractivity contribution is -0.146. The monoisotopic (exact) mass is 239 g/mol. The molecule has 0 aromatic rings. The Morgan fingerprint density at radius 1 is 1.12 bits per heavy atom. The summed E-state index contributed by atoms with van der Waals surface area (Å²) in [6.07, 6.45) is 11.1. The summed E-state index contributed by atoms with van der Waals surface area (Å²) in [5, 5.41) is 0. The maximum absolute atomic E-state index is 11.7. The van der Waals surface area contributed by atoms with Crippen molar-refractivity contribution in [1.29, 1.82) is 0 Å². The van der Waals surface area contributed by atoms with Gasteiger partial charge >= 0.3 is 5.97 Å². The molecule has 0 heterocycles. The highest BCUT2D eigenvalue weighted by molar-refractivity contribution is 5.71. The first kappa shape index (κ1) is 12.9. The fraction of sp³-hybridized carbons (Fsp3) is 0.929. The third kappa shape index (κ3) is 3.98. The molecule has 3 heteroatoms. The van der Waals surface area contributed by atoms with E-state index in [2.05, 4.69) is 0 Å². The van der Waals surface area contributed by atoms with Gasteiger partial charge in [0.05, 0.1) is 13.0 Å². The van der Waals surface area contributed by atoms with Gasteiger partial charge in [-0.2, -0.15) is 0 Å². The summed E-state index contributed by atoms with van der Waals surface area (Å²) >= 11 is 0. The molecule has 2 aliphatic carbocycles. The van der Waals surface area contributed by atoms with Gasteiger partial charge in [0.15, 0.2) is 0 Å². The Bertz CT molecular complexity index is 253. The summed E-state index contributed by atoms with van der Waals surface area (Å²) < 4.78 is 5.39. The summed E-state index contributed by atoms with van der Waals surface area (Å²) in [6.45, 7) is 0.620. The quantitative estimate of drug-likeness (QED) is 0.767. The maximum atomic E-state index is 11.7. The van der Waals surface area contributed by atoms with Gasteiger partial charge in [0.1, 0.15) is 0 Å². The molecule has 2 saturated carbocycles. The largest absolute Gasteiger partial charge is 0.465 e. The van der Waals surface area contributed by atoms with E-state index >= 15 is 0 Å². The van der Waals surface area contributed by atoms with Crippen molar-refractivity contribution in [3.05, 3.63) is 0 Å². The van der Waals surface area contributed by atoms with Gasteiger partial charge < -0.3 is 10.5 Å². The van der Waals surface area contributed by atoms with Crippen LogP contribution in [0.1, 0.15) is 64.2 Å². The zero-order chi connectivity index (χ0) is 12.1. The van der Waals surface area contributed by atoms with Gasteiger partial charge in [-0.1, -0.05) is 32.1 Å². The van der Waals surface area contributed by atoms with Gasteiger partial charge in [-0.25, -0.2) is 0 Å². The van der Waals surface area contributed by atoms with Crippen molar-refractivity contribution in [2.24, 2.45) is 11.7 Å². The first-order valence-electron chi connectivity index (χ1n) is 7.12. The Balaban J connectivity index is 1.66. The molecule has 98 valence electrons. The maximum Gasteiger partial charge on any atom is 0.307 e. The molecule has 3 nitrogen and oxygen atoms in total. The van der Waals surface area contributed by atoms with Crippen LogP contribution in [-0.4, -0.2) is 18.1 Å². The molecule has 0 aromatic heterocycles. The van der Waals surface area contributed by atoms with Crippen molar-refractivity contribution in [1.82, 2.24) is 0 Å². The molecule has 0 saturated heterocycles. The van der Waals surface area contributed by atoms with Crippen molar-refractivity contribution < 1.29 is 9.53 Å². The van der Waals surface area contributed by atoms with Crippen LogP contribution >= 0.6 is 0 Å². The highest BCUT2D eigenvalue weighted by Gasteiger charge is 2.32. The fourth-order valence-corrected chi connectivity index (χ4v) is 3.16. The molecular weight excluding hydrogens is 214 g/mol. The Morgan fingerprint density at radius 3 is 2.41 bits per heavy atom. The summed E-state index contributed by atoms with van der Waals surface area (Å²) in [7, 11) is 0. The summed E-state index contributed by atoms with van der Waals surface area (Å²) in [5.41, 5.74) is 5.91. The van der Waals surface area contributed by atoms with Gasteiger partial charge in [0.25, 0.3) is 0 Å². The van der Waals surface area contributed by atoms with Crippen molar-refractivity contribution >= 4 is 5.97 Å². The molecule has 17 heavy (non-hydrogen) atoms. The Labute approximate surface area is 104 Å². The normalized spacial score (nSPS) is 24.8. The zero-order valence-corrected chi connectivity index (χ0v) is 10.7. The van der Waals surface area contributed by atoms with Crippen LogP contribution in [0.15, 0.2) is 0 Å². The topological polar surface area (TPSA) is 52.3 Å². The van der Waals surface area contributed by atoms with Crippen molar-refractivity contribution in [3.63, 3.8) is 0 Å². The van der Waals surface area contributed by atoms with E-state index in [4.69, 9.17) is 10.5 Å². The van der Waals surface area contributed by atoms with E-state index in [1.165, 1.54) is 32.1 Å². The van der Waals surface area contributed by atoms with Crippen LogP contribution in [0.25, 0.3) is 0 Å². The predicted octanol–water partition coefficient (Wildman–Crippen LogP) is 2.77. The van der Waals surface area contributed by atoms with Crippen LogP contribution in [0.3, 0.4) is 0 Å². The standard InChI is InChI=1S/C14H25NO2/c15-14(8-4-5-9-14)10-13(16)17-11-12-6-2-1-3-7-12/h12H,1-11,15H2. The first-order chi connectivity index (χ1) is 8.18. The highest BCUT2D eigenvalue weighted by atomic mass is 16.5. The molecule has 2 aliphatic rings. The van der Waals surface area contributed by atoms with Crippen molar-refractivity contribution in [2.75, 3.05) is 6.61 Å². The van der Waals surface area contributed by atoms with E-state index in [9.17, 15) is 4.79 Å². The van der Waals surface area contributed by atoms with Crippen LogP contribution in [-0.2, 0) is 9.53 Å². The fourth-order valence-electron chi connectivity index (χ4n) is 3.16. The smallest absolute Gasteiger partial charge is 0.307 e. The van der Waals surface area contributed by atoms with E-state index in [-0.39, 0.29) is 11.5 Å². The minimum atomic E-state index is -0.260. The van der Waals surface area contributed by atoms with Crippen LogP contribution in [0, 0.1) is 5.92 Å². The van der Waals surface area contributed by atoms with Gasteiger partial charge in [-0.3, -0.25) is 4.79 Å². The van der Waals surface area contributed by atoms with Gasteiger partial charge in [0, 0.05) is 5.54 Å². The zero-order valence-electron chi connectivity index (χ0n) is 10.7. The number of ether oxygens (including phenoxy) is 1. The van der Waals surface area contributed by atoms with Crippen molar-refractivity contribution in [3.8, 4) is 0 Å². The van der Waals surface area contributed by atoms with Crippen LogP contribution in [0.4, 0.5) is 0 Å². The van der Waals surface area contributed by atoms with Gasteiger partial charge in [0.2, 0.25) is 0 Å². The lowest BCUT2D eigenvalue weighted by Crippen LogP contribution is -2.39. The molecule has 0 aromatic carbocycles. The number of esters is 1. The molecule has 0 spiro atoms. The molecular formula is C14H25NO2. The number of carbonyl (C=O) groups excluding carboxylic acids is 1. The molecule has 0 amide bonds. The van der Waals surface area contributed by atoms with Crippen molar-refractivity contribution in [2.45, 2.75) is 69.7 Å². The highest BCUT2D eigenvalue weighted by Crippen LogP contribution is 2.30. The number of nitrogens with two attached hydrogens (primary N) is 1. The molecule has 0 bridgehead atoms. The molecule has 2 rings (SSSR count). The second kappa shape index (κ2) is 5.85. The third-order valence-corrected chi connectivity index (χ3v) is 4.30. The number of hydrogen-bond acceptors (Lipinski definition) is 3. The van der Waals surface area contributed by atoms with E-state index in [1.807, 2.05) is 0 Å². The third-order valence-electron chi connectivity index (χ3n) is 4.30. The average molecular weight is 239 g/mol. The lowest BCUT2D eigenvalue weighted by atomic mass is 9.90. The summed E-state index contributed by atoms with van der Waals surface area (Å²) in [5.74, 6) is 0.518. The second-order valence-electron chi connectivity index (χ2n) is 5.93. The number of hydrogen-bond donors (Lipinski definition) is 1. The first-order valence-corrected chi connectivity index (χ1v) is 7.12. The average Bonchev–Trinajstić information content (AvgIpc) is 2.74. The number of carbonyl (C=O) groups is 1. The van der Waals surface area contributed by atoms with E-state index in [0.717, 1.165) is 25.7 Å². The van der Waals surface area contributed by atoms with Gasteiger partial charge in [-0.15, -0.1) is 0 Å². The predicted molar refractivity (Wildman–Crippen MR) is 67.5 cm³/mol. The second-order valence-corrected chi connectivity index (χ2v) is 5.93. The Hall–Kier alpha value is -0.570. The Kier molecular flexibility index (Phi) is 4.43. The van der Waals surface area contributed by atoms with E-state index < -0.39 is 0 Å². The molecule has 0 aliphatic heterocycles. The SMILES string of the molecule is NC1(CC(=O)OCC2CCCCC2)CCCC1. The minimum absolute atomic E-state index is 0.0834. The van der Waals surface area contributed by atoms with Crippen LogP contribution in [0.5, 0.6) is 0 Å². The molecule has 0 atom stereocenters. The summed E-state index contributed by atoms with van der Waals surface area (Å²) in [4.78, 5) is 11.7. The molecule has 0 unspecified atom stereocenters. The summed E-state index contributed by atoms with van der Waals surface area (Å²) in [6, 6.07) is 0. The Morgan fingerprint density at radius 2 is 1.76 bits per heavy atom. The minimum Gasteiger partial charge on any atom is -0.465 e. The van der Waals surface area contributed by atoms with Crippen LogP contribution < -0.4 is 5.73 Å².